The fraction of sp³-hybridized carbons (Fsp3) is 0.286. The van der Waals surface area contributed by atoms with Gasteiger partial charge in [0, 0.05) is 18.5 Å². The van der Waals surface area contributed by atoms with Gasteiger partial charge in [0.05, 0.1) is 21.7 Å². The van der Waals surface area contributed by atoms with Crippen molar-refractivity contribution in [2.45, 2.75) is 25.8 Å². The maximum atomic E-state index is 13.0. The number of nitrogens with zero attached hydrogens (tertiary/aromatic N) is 2. The zero-order valence-electron chi connectivity index (χ0n) is 15.1. The molecule has 0 radical (unpaired) electrons. The molecule has 2 amide bonds. The van der Waals surface area contributed by atoms with Crippen molar-refractivity contribution in [3.63, 3.8) is 0 Å². The van der Waals surface area contributed by atoms with Crippen LogP contribution in [-0.4, -0.2) is 40.8 Å². The van der Waals surface area contributed by atoms with Gasteiger partial charge >= 0.3 is 0 Å². The van der Waals surface area contributed by atoms with Crippen LogP contribution < -0.4 is 5.32 Å². The van der Waals surface area contributed by atoms with Crippen molar-refractivity contribution >= 4 is 34.1 Å². The second kappa shape index (κ2) is 7.48. The molecule has 1 N–H and O–H groups in total. The Labute approximate surface area is 162 Å². The van der Waals surface area contributed by atoms with Gasteiger partial charge in [0.2, 0.25) is 5.91 Å². The molecule has 27 heavy (non-hydrogen) atoms. The minimum atomic E-state index is -0.548. The Kier molecular flexibility index (Phi) is 4.90. The number of pyridine rings is 1. The molecule has 5 nitrogen and oxygen atoms in total. The molecule has 4 rings (SSSR count). The molecular formula is C21H21N3O2S. The summed E-state index contributed by atoms with van der Waals surface area (Å²) in [5.41, 5.74) is 2.09. The lowest BCUT2D eigenvalue weighted by atomic mass is 10.1. The Bertz CT molecular complexity index is 978. The number of hydrogen-bond donors (Lipinski definition) is 1. The van der Waals surface area contributed by atoms with Gasteiger partial charge in [-0.1, -0.05) is 24.3 Å². The highest BCUT2D eigenvalue weighted by molar-refractivity contribution is 7.13. The summed E-state index contributed by atoms with van der Waals surface area (Å²) in [6.07, 6.45) is 2.07. The molecular weight excluding hydrogens is 358 g/mol. The molecule has 0 aliphatic carbocycles. The van der Waals surface area contributed by atoms with E-state index in [0.717, 1.165) is 47.4 Å². The Morgan fingerprint density at radius 3 is 2.67 bits per heavy atom. The van der Waals surface area contributed by atoms with Crippen LogP contribution in [0.2, 0.25) is 0 Å². The lowest BCUT2D eigenvalue weighted by Crippen LogP contribution is -2.46. The van der Waals surface area contributed by atoms with E-state index in [1.54, 1.807) is 18.3 Å². The molecule has 1 atom stereocenters. The van der Waals surface area contributed by atoms with Crippen molar-refractivity contribution in [1.82, 2.24) is 15.2 Å². The van der Waals surface area contributed by atoms with Crippen LogP contribution in [0, 0.1) is 0 Å². The SMILES string of the molecule is C[C@H](NC(=O)c1cc(-c2cccs2)nc2ccccc12)C(=O)N1CCCC1. The molecule has 6 heteroatoms. The first-order valence-electron chi connectivity index (χ1n) is 9.17. The van der Waals surface area contributed by atoms with Crippen molar-refractivity contribution in [2.75, 3.05) is 13.1 Å². The van der Waals surface area contributed by atoms with Crippen molar-refractivity contribution in [3.8, 4) is 10.6 Å². The van der Waals surface area contributed by atoms with E-state index in [1.807, 2.05) is 52.7 Å². The van der Waals surface area contributed by atoms with Crippen molar-refractivity contribution < 1.29 is 9.59 Å². The van der Waals surface area contributed by atoms with Gasteiger partial charge in [-0.15, -0.1) is 11.3 Å². The average molecular weight is 379 g/mol. The molecule has 3 heterocycles. The smallest absolute Gasteiger partial charge is 0.252 e. The summed E-state index contributed by atoms with van der Waals surface area (Å²) in [5, 5.41) is 5.66. The molecule has 1 aliphatic rings. The van der Waals surface area contributed by atoms with Gasteiger partial charge in [0.25, 0.3) is 5.91 Å². The Morgan fingerprint density at radius 1 is 1.15 bits per heavy atom. The zero-order chi connectivity index (χ0) is 18.8. The minimum Gasteiger partial charge on any atom is -0.341 e. The summed E-state index contributed by atoms with van der Waals surface area (Å²) in [4.78, 5) is 33.1. The normalized spacial score (nSPS) is 15.1. The molecule has 1 saturated heterocycles. The highest BCUT2D eigenvalue weighted by atomic mass is 32.1. The van der Waals surface area contributed by atoms with Gasteiger partial charge in [-0.25, -0.2) is 4.98 Å². The van der Waals surface area contributed by atoms with E-state index >= 15 is 0 Å². The fourth-order valence-corrected chi connectivity index (χ4v) is 4.15. The lowest BCUT2D eigenvalue weighted by molar-refractivity contribution is -0.131. The molecule has 1 aliphatic heterocycles. The Morgan fingerprint density at radius 2 is 1.93 bits per heavy atom. The second-order valence-corrected chi connectivity index (χ2v) is 7.72. The second-order valence-electron chi connectivity index (χ2n) is 6.78. The molecule has 3 aromatic rings. The number of hydrogen-bond acceptors (Lipinski definition) is 4. The first kappa shape index (κ1) is 17.7. The van der Waals surface area contributed by atoms with Gasteiger partial charge in [-0.2, -0.15) is 0 Å². The van der Waals surface area contributed by atoms with Crippen LogP contribution in [0.25, 0.3) is 21.5 Å². The Hall–Kier alpha value is -2.73. The summed E-state index contributed by atoms with van der Waals surface area (Å²) in [7, 11) is 0. The maximum Gasteiger partial charge on any atom is 0.252 e. The molecule has 0 bridgehead atoms. The molecule has 1 fully saturated rings. The lowest BCUT2D eigenvalue weighted by Gasteiger charge is -2.21. The van der Waals surface area contributed by atoms with Gasteiger partial charge in [-0.05, 0) is 43.3 Å². The number of aromatic nitrogens is 1. The summed E-state index contributed by atoms with van der Waals surface area (Å²) < 4.78 is 0. The fourth-order valence-electron chi connectivity index (χ4n) is 3.46. The quantitative estimate of drug-likeness (QED) is 0.752. The van der Waals surface area contributed by atoms with E-state index in [0.29, 0.717) is 5.56 Å². The number of benzene rings is 1. The summed E-state index contributed by atoms with van der Waals surface area (Å²) in [6, 6.07) is 12.8. The largest absolute Gasteiger partial charge is 0.341 e. The van der Waals surface area contributed by atoms with Crippen LogP contribution >= 0.6 is 11.3 Å². The predicted octanol–water partition coefficient (Wildman–Crippen LogP) is 3.70. The van der Waals surface area contributed by atoms with Crippen LogP contribution in [0.15, 0.2) is 47.8 Å². The number of para-hydroxylation sites is 1. The maximum absolute atomic E-state index is 13.0. The van der Waals surface area contributed by atoms with E-state index in [1.165, 1.54) is 0 Å². The predicted molar refractivity (Wildman–Crippen MR) is 108 cm³/mol. The van der Waals surface area contributed by atoms with Crippen LogP contribution in [-0.2, 0) is 4.79 Å². The first-order valence-corrected chi connectivity index (χ1v) is 10.0. The monoisotopic (exact) mass is 379 g/mol. The number of carbonyl (C=O) groups is 2. The summed E-state index contributed by atoms with van der Waals surface area (Å²) in [5.74, 6) is -0.260. The number of amides is 2. The third kappa shape index (κ3) is 3.57. The summed E-state index contributed by atoms with van der Waals surface area (Å²) in [6.45, 7) is 3.31. The molecule has 0 unspecified atom stereocenters. The van der Waals surface area contributed by atoms with Crippen LogP contribution in [0.3, 0.4) is 0 Å². The minimum absolute atomic E-state index is 0.0160. The number of carbonyl (C=O) groups excluding carboxylic acids is 2. The van der Waals surface area contributed by atoms with E-state index in [9.17, 15) is 9.59 Å². The van der Waals surface area contributed by atoms with Gasteiger partial charge in [-0.3, -0.25) is 9.59 Å². The van der Waals surface area contributed by atoms with Gasteiger partial charge < -0.3 is 10.2 Å². The van der Waals surface area contributed by atoms with Crippen molar-refractivity contribution in [1.29, 1.82) is 0 Å². The number of rotatable bonds is 4. The number of fused-ring (bicyclic) bond motifs is 1. The highest BCUT2D eigenvalue weighted by Gasteiger charge is 2.25. The number of likely N-dealkylation sites (tertiary alicyclic amines) is 1. The van der Waals surface area contributed by atoms with E-state index < -0.39 is 6.04 Å². The van der Waals surface area contributed by atoms with E-state index in [-0.39, 0.29) is 11.8 Å². The molecule has 138 valence electrons. The standard InChI is InChI=1S/C21H21N3O2S/c1-14(21(26)24-10-4-5-11-24)22-20(25)16-13-18(19-9-6-12-27-19)23-17-8-3-2-7-15(16)17/h2-3,6-9,12-14H,4-5,10-11H2,1H3,(H,22,25)/t14-/m0/s1. The van der Waals surface area contributed by atoms with Crippen LogP contribution in [0.1, 0.15) is 30.1 Å². The molecule has 0 spiro atoms. The van der Waals surface area contributed by atoms with Crippen molar-refractivity contribution in [3.05, 3.63) is 53.4 Å². The highest BCUT2D eigenvalue weighted by Crippen LogP contribution is 2.28. The van der Waals surface area contributed by atoms with Crippen LogP contribution in [0.4, 0.5) is 0 Å². The average Bonchev–Trinajstić information content (AvgIpc) is 3.40. The zero-order valence-corrected chi connectivity index (χ0v) is 16.0. The third-order valence-corrected chi connectivity index (χ3v) is 5.76. The van der Waals surface area contributed by atoms with E-state index in [2.05, 4.69) is 5.32 Å². The topological polar surface area (TPSA) is 62.3 Å². The number of thiophene rings is 1. The van der Waals surface area contributed by atoms with Crippen molar-refractivity contribution in [2.24, 2.45) is 0 Å². The first-order chi connectivity index (χ1) is 13.1. The molecule has 1 aromatic carbocycles. The van der Waals surface area contributed by atoms with E-state index in [4.69, 9.17) is 4.98 Å². The molecule has 0 saturated carbocycles. The summed E-state index contributed by atoms with van der Waals surface area (Å²) >= 11 is 1.59. The van der Waals surface area contributed by atoms with Gasteiger partial charge in [0.1, 0.15) is 6.04 Å². The Balaban J connectivity index is 1.65. The third-order valence-electron chi connectivity index (χ3n) is 4.87. The molecule has 2 aromatic heterocycles. The van der Waals surface area contributed by atoms with Gasteiger partial charge in [0.15, 0.2) is 0 Å². The van der Waals surface area contributed by atoms with Crippen LogP contribution in [0.5, 0.6) is 0 Å². The number of nitrogens with one attached hydrogen (secondary N) is 1.